The summed E-state index contributed by atoms with van der Waals surface area (Å²) in [5.41, 5.74) is -1.76. The summed E-state index contributed by atoms with van der Waals surface area (Å²) in [6, 6.07) is 3.95. The number of sulfone groups is 1. The van der Waals surface area contributed by atoms with Gasteiger partial charge in [0.15, 0.2) is 33.1 Å². The van der Waals surface area contributed by atoms with E-state index in [1.54, 1.807) is 0 Å². The molecule has 2 saturated carbocycles. The smallest absolute Gasteiger partial charge is 0.407 e. The number of halogens is 4. The second kappa shape index (κ2) is 10.9. The Morgan fingerprint density at radius 2 is 1.73 bits per heavy atom. The molecule has 0 spiro atoms. The molecule has 41 heavy (non-hydrogen) atoms. The number of hydrogen-bond donors (Lipinski definition) is 3. The summed E-state index contributed by atoms with van der Waals surface area (Å²) < 4.78 is 72.5. The number of benzene rings is 2. The zero-order chi connectivity index (χ0) is 29.7. The van der Waals surface area contributed by atoms with Crippen LogP contribution in [0.25, 0.3) is 0 Å². The summed E-state index contributed by atoms with van der Waals surface area (Å²) in [7, 11) is -4.09. The molecule has 3 fully saturated rings. The minimum atomic E-state index is -4.09. The van der Waals surface area contributed by atoms with Gasteiger partial charge >= 0.3 is 6.09 Å². The van der Waals surface area contributed by atoms with Crippen LogP contribution < -0.4 is 10.6 Å². The highest BCUT2D eigenvalue weighted by atomic mass is 35.5. The van der Waals surface area contributed by atoms with Gasteiger partial charge in [-0.25, -0.2) is 26.4 Å². The number of nitrogens with one attached hydrogen (secondary N) is 2. The first-order valence-electron chi connectivity index (χ1n) is 13.0. The van der Waals surface area contributed by atoms with Crippen molar-refractivity contribution in [2.75, 3.05) is 11.9 Å². The molecule has 1 aliphatic heterocycles. The van der Waals surface area contributed by atoms with Crippen LogP contribution in [0.1, 0.15) is 48.9 Å². The third-order valence-corrected chi connectivity index (χ3v) is 11.0. The fraction of sp³-hybridized carbons (Fsp3) is 0.444. The van der Waals surface area contributed by atoms with Crippen molar-refractivity contribution in [3.63, 3.8) is 0 Å². The molecular formula is C27H26ClF3N2O7S. The van der Waals surface area contributed by atoms with Crippen molar-refractivity contribution >= 4 is 44.9 Å². The number of amides is 2. The average Bonchev–Trinajstić information content (AvgIpc) is 3.38. The van der Waals surface area contributed by atoms with Gasteiger partial charge in [0.2, 0.25) is 0 Å². The maximum absolute atomic E-state index is 13.7. The van der Waals surface area contributed by atoms with E-state index in [4.69, 9.17) is 16.3 Å². The van der Waals surface area contributed by atoms with Gasteiger partial charge in [-0.15, -0.1) is 0 Å². The molecule has 0 radical (unpaired) electrons. The Balaban J connectivity index is 1.30. The molecule has 3 aliphatic rings. The lowest BCUT2D eigenvalue weighted by molar-refractivity contribution is -0.124. The Bertz CT molecular complexity index is 1500. The van der Waals surface area contributed by atoms with Gasteiger partial charge in [0, 0.05) is 29.8 Å². The molecule has 5 atom stereocenters. The molecule has 2 aromatic carbocycles. The topological polar surface area (TPSA) is 139 Å². The van der Waals surface area contributed by atoms with E-state index in [2.05, 4.69) is 10.6 Å². The highest BCUT2D eigenvalue weighted by Gasteiger charge is 2.55. The first-order valence-corrected chi connectivity index (χ1v) is 14.9. The Labute approximate surface area is 238 Å². The lowest BCUT2D eigenvalue weighted by Gasteiger charge is -2.42. The molecule has 2 aliphatic carbocycles. The van der Waals surface area contributed by atoms with Crippen molar-refractivity contribution < 1.29 is 45.8 Å². The fourth-order valence-electron chi connectivity index (χ4n) is 6.20. The zero-order valence-electron chi connectivity index (χ0n) is 21.5. The van der Waals surface area contributed by atoms with Gasteiger partial charge in [-0.2, -0.15) is 0 Å². The SMILES string of the molecule is O=C1NC(C(=O)CCC2(O)C3CC[C@H]2CC(S(=O)(=O)c2cc(C(=O)Nc4cc(F)c(F)c(F)c4)ccc2Cl)C3)CO1. The number of cyclic esters (lactones) is 1. The normalized spacial score (nSPS) is 27.3. The van der Waals surface area contributed by atoms with Gasteiger partial charge < -0.3 is 20.5 Å². The second-order valence-corrected chi connectivity index (χ2v) is 13.3. The number of carbonyl (C=O) groups excluding carboxylic acids is 3. The largest absolute Gasteiger partial charge is 0.447 e. The Morgan fingerprint density at radius 3 is 2.32 bits per heavy atom. The predicted octanol–water partition coefficient (Wildman–Crippen LogP) is 4.16. The van der Waals surface area contributed by atoms with Crippen LogP contribution in [-0.2, 0) is 19.4 Å². The first-order chi connectivity index (χ1) is 19.3. The zero-order valence-corrected chi connectivity index (χ0v) is 23.0. The van der Waals surface area contributed by atoms with E-state index >= 15 is 0 Å². The maximum atomic E-state index is 13.7. The third-order valence-electron chi connectivity index (χ3n) is 8.39. The Hall–Kier alpha value is -3.16. The van der Waals surface area contributed by atoms with Crippen LogP contribution in [0.4, 0.5) is 23.7 Å². The summed E-state index contributed by atoms with van der Waals surface area (Å²) in [5, 5.41) is 15.1. The highest BCUT2D eigenvalue weighted by Crippen LogP contribution is 2.54. The third kappa shape index (κ3) is 5.54. The molecule has 14 heteroatoms. The molecule has 220 valence electrons. The number of hydrogen-bond acceptors (Lipinski definition) is 7. The van der Waals surface area contributed by atoms with Crippen molar-refractivity contribution in [2.24, 2.45) is 11.8 Å². The summed E-state index contributed by atoms with van der Waals surface area (Å²) in [6.45, 7) is -0.0706. The highest BCUT2D eigenvalue weighted by molar-refractivity contribution is 7.92. The van der Waals surface area contributed by atoms with Crippen molar-refractivity contribution in [3.05, 3.63) is 58.4 Å². The number of carbonyl (C=O) groups is 3. The first kappa shape index (κ1) is 29.3. The van der Waals surface area contributed by atoms with Crippen LogP contribution in [-0.4, -0.2) is 54.8 Å². The van der Waals surface area contributed by atoms with Crippen molar-refractivity contribution in [3.8, 4) is 0 Å². The molecular weight excluding hydrogens is 589 g/mol. The number of ether oxygens (including phenoxy) is 1. The van der Waals surface area contributed by atoms with Crippen LogP contribution >= 0.6 is 11.6 Å². The summed E-state index contributed by atoms with van der Waals surface area (Å²) in [6.07, 6.45) is 0.839. The molecule has 9 nitrogen and oxygen atoms in total. The Morgan fingerprint density at radius 1 is 1.10 bits per heavy atom. The number of rotatable bonds is 8. The molecule has 4 unspecified atom stereocenters. The maximum Gasteiger partial charge on any atom is 0.407 e. The second-order valence-electron chi connectivity index (χ2n) is 10.7. The molecule has 5 rings (SSSR count). The minimum Gasteiger partial charge on any atom is -0.447 e. The van der Waals surface area contributed by atoms with Gasteiger partial charge in [-0.05, 0) is 62.1 Å². The number of ketones is 1. The van der Waals surface area contributed by atoms with Crippen LogP contribution in [0.15, 0.2) is 35.2 Å². The minimum absolute atomic E-state index is 0.0000625. The van der Waals surface area contributed by atoms with Gasteiger partial charge in [0.1, 0.15) is 12.6 Å². The molecule has 1 heterocycles. The van der Waals surface area contributed by atoms with Crippen LogP contribution in [0.3, 0.4) is 0 Å². The van der Waals surface area contributed by atoms with E-state index in [1.807, 2.05) is 0 Å². The Kier molecular flexibility index (Phi) is 7.81. The molecule has 0 aromatic heterocycles. The van der Waals surface area contributed by atoms with E-state index in [0.29, 0.717) is 25.0 Å². The van der Waals surface area contributed by atoms with Gasteiger partial charge in [0.25, 0.3) is 5.91 Å². The fourth-order valence-corrected chi connectivity index (χ4v) is 8.60. The van der Waals surface area contributed by atoms with Gasteiger partial charge in [0.05, 0.1) is 20.8 Å². The van der Waals surface area contributed by atoms with E-state index in [9.17, 15) is 41.1 Å². The van der Waals surface area contributed by atoms with Gasteiger partial charge in [-0.3, -0.25) is 9.59 Å². The number of anilines is 1. The summed E-state index contributed by atoms with van der Waals surface area (Å²) in [4.78, 5) is 36.2. The van der Waals surface area contributed by atoms with E-state index < -0.39 is 68.0 Å². The standard InChI is InChI=1S/C27H26ClF3N2O7S/c28-18-4-1-13(25(35)32-16-10-19(29)24(31)20(30)11-16)7-23(18)41(38,39)17-8-14-2-3-15(9-17)27(14,37)6-5-22(34)21-12-40-26(36)33-21/h1,4,7,10-11,14-15,17,21,37H,2-3,5-6,8-9,12H2,(H,32,35)(H,33,36)/t14-,15?,17?,21?,27?/m0/s1. The molecule has 2 amide bonds. The van der Waals surface area contributed by atoms with Gasteiger partial charge in [-0.1, -0.05) is 11.6 Å². The predicted molar refractivity (Wildman–Crippen MR) is 140 cm³/mol. The van der Waals surface area contributed by atoms with Crippen LogP contribution in [0, 0.1) is 29.3 Å². The monoisotopic (exact) mass is 614 g/mol. The number of alkyl carbamates (subject to hydrolysis) is 1. The van der Waals surface area contributed by atoms with Crippen molar-refractivity contribution in [2.45, 2.75) is 60.3 Å². The van der Waals surface area contributed by atoms with Crippen molar-refractivity contribution in [1.29, 1.82) is 0 Å². The van der Waals surface area contributed by atoms with E-state index in [0.717, 1.165) is 6.07 Å². The lowest BCUT2D eigenvalue weighted by Crippen LogP contribution is -2.48. The van der Waals surface area contributed by atoms with Crippen LogP contribution in [0.5, 0.6) is 0 Å². The van der Waals surface area contributed by atoms with E-state index in [1.165, 1.54) is 12.1 Å². The number of Topliss-reactive ketones (excluding diaryl/α,β-unsaturated/α-hetero) is 1. The molecule has 1 saturated heterocycles. The molecule has 2 aromatic rings. The lowest BCUT2D eigenvalue weighted by atomic mass is 9.71. The number of fused-ring (bicyclic) bond motifs is 2. The van der Waals surface area contributed by atoms with E-state index in [-0.39, 0.29) is 59.2 Å². The molecule has 2 bridgehead atoms. The summed E-state index contributed by atoms with van der Waals surface area (Å²) in [5.74, 6) is -6.65. The number of aliphatic hydroxyl groups is 1. The average molecular weight is 615 g/mol. The molecule has 3 N–H and O–H groups in total. The quantitative estimate of drug-likeness (QED) is 0.380. The summed E-state index contributed by atoms with van der Waals surface area (Å²) >= 11 is 6.25. The van der Waals surface area contributed by atoms with Crippen molar-refractivity contribution in [1.82, 2.24) is 5.32 Å². The van der Waals surface area contributed by atoms with Crippen LogP contribution in [0.2, 0.25) is 5.02 Å².